The molecule has 0 unspecified atom stereocenters. The maximum absolute atomic E-state index is 11.9. The molecule has 0 aliphatic rings. The van der Waals surface area contributed by atoms with Crippen LogP contribution >= 0.6 is 0 Å². The van der Waals surface area contributed by atoms with Gasteiger partial charge in [-0.25, -0.2) is 14.6 Å². The van der Waals surface area contributed by atoms with Crippen LogP contribution < -0.4 is 10.6 Å². The zero-order chi connectivity index (χ0) is 21.3. The Bertz CT molecular complexity index is 479. The molecular formula is C19H37N3O5. The summed E-state index contributed by atoms with van der Waals surface area (Å²) in [6, 6.07) is 0. The predicted octanol–water partition coefficient (Wildman–Crippen LogP) is 3.84. The zero-order valence-corrected chi connectivity index (χ0v) is 18.3. The molecule has 0 aromatic carbocycles. The lowest BCUT2D eigenvalue weighted by Gasteiger charge is -2.22. The summed E-state index contributed by atoms with van der Waals surface area (Å²) in [5, 5.41) is 4.85. The van der Waals surface area contributed by atoms with E-state index in [1.807, 2.05) is 0 Å². The summed E-state index contributed by atoms with van der Waals surface area (Å²) < 4.78 is 15.9. The first-order valence-electron chi connectivity index (χ1n) is 9.20. The lowest BCUT2D eigenvalue weighted by atomic mass is 9.93. The highest BCUT2D eigenvalue weighted by Crippen LogP contribution is 2.17. The fourth-order valence-electron chi connectivity index (χ4n) is 1.61. The average Bonchev–Trinajstić information content (AvgIpc) is 2.36. The lowest BCUT2D eigenvalue weighted by Crippen LogP contribution is -2.47. The topological polar surface area (TPSA) is 98.3 Å². The van der Waals surface area contributed by atoms with Crippen LogP contribution in [-0.4, -0.2) is 49.1 Å². The lowest BCUT2D eigenvalue weighted by molar-refractivity contribution is 0.0544. The molecule has 0 bridgehead atoms. The normalized spacial score (nSPS) is 12.2. The maximum Gasteiger partial charge on any atom is 0.414 e. The van der Waals surface area contributed by atoms with Gasteiger partial charge in [-0.05, 0) is 53.4 Å². The van der Waals surface area contributed by atoms with E-state index in [-0.39, 0.29) is 17.9 Å². The third-order valence-corrected chi connectivity index (χ3v) is 2.74. The first-order chi connectivity index (χ1) is 12.1. The molecule has 0 heterocycles. The number of hydrogen-bond donors (Lipinski definition) is 2. The van der Waals surface area contributed by atoms with Crippen molar-refractivity contribution in [2.24, 2.45) is 10.4 Å². The van der Waals surface area contributed by atoms with Crippen LogP contribution in [0.3, 0.4) is 0 Å². The molecule has 0 atom stereocenters. The average molecular weight is 388 g/mol. The second-order valence-electron chi connectivity index (χ2n) is 9.41. The molecule has 8 nitrogen and oxygen atoms in total. The van der Waals surface area contributed by atoms with E-state index in [2.05, 4.69) is 36.4 Å². The third kappa shape index (κ3) is 17.3. The maximum atomic E-state index is 11.9. The van der Waals surface area contributed by atoms with Crippen molar-refractivity contribution in [1.29, 1.82) is 0 Å². The van der Waals surface area contributed by atoms with Gasteiger partial charge in [0, 0.05) is 6.61 Å². The second-order valence-corrected chi connectivity index (χ2v) is 9.41. The van der Waals surface area contributed by atoms with E-state index in [9.17, 15) is 9.59 Å². The molecular weight excluding hydrogens is 350 g/mol. The van der Waals surface area contributed by atoms with E-state index < -0.39 is 23.4 Å². The highest BCUT2D eigenvalue weighted by molar-refractivity contribution is 6.01. The van der Waals surface area contributed by atoms with Crippen LogP contribution in [0.1, 0.15) is 68.7 Å². The van der Waals surface area contributed by atoms with E-state index in [1.165, 1.54) is 0 Å². The van der Waals surface area contributed by atoms with Crippen LogP contribution in [0.15, 0.2) is 4.99 Å². The van der Waals surface area contributed by atoms with E-state index in [1.54, 1.807) is 41.5 Å². The smallest absolute Gasteiger partial charge is 0.414 e. The molecule has 2 amide bonds. The van der Waals surface area contributed by atoms with Crippen LogP contribution in [-0.2, 0) is 14.2 Å². The molecule has 0 aromatic rings. The molecule has 0 aliphatic carbocycles. The van der Waals surface area contributed by atoms with Gasteiger partial charge in [0.15, 0.2) is 0 Å². The number of nitrogens with zero attached hydrogens (tertiary/aromatic N) is 1. The number of alkyl carbamates (subject to hydrolysis) is 2. The van der Waals surface area contributed by atoms with E-state index in [0.29, 0.717) is 13.2 Å². The third-order valence-electron chi connectivity index (χ3n) is 2.74. The SMILES string of the molecule is CC(C)(C)CCOCCN=C(NC(=O)OC(C)(C)C)NC(=O)OC(C)(C)C. The molecule has 0 fully saturated rings. The monoisotopic (exact) mass is 387 g/mol. The number of nitrogens with one attached hydrogen (secondary N) is 2. The highest BCUT2D eigenvalue weighted by atomic mass is 16.6. The van der Waals surface area contributed by atoms with Gasteiger partial charge in [0.25, 0.3) is 0 Å². The molecule has 0 saturated heterocycles. The number of amides is 2. The van der Waals surface area contributed by atoms with Gasteiger partial charge >= 0.3 is 12.2 Å². The number of hydrogen-bond acceptors (Lipinski definition) is 6. The summed E-state index contributed by atoms with van der Waals surface area (Å²) in [6.07, 6.45) is -0.507. The van der Waals surface area contributed by atoms with Crippen molar-refractivity contribution >= 4 is 18.1 Å². The first kappa shape index (κ1) is 25.2. The molecule has 0 aromatic heterocycles. The van der Waals surface area contributed by atoms with Crippen molar-refractivity contribution in [2.75, 3.05) is 19.8 Å². The molecule has 0 spiro atoms. The predicted molar refractivity (Wildman–Crippen MR) is 106 cm³/mol. The Morgan fingerprint density at radius 2 is 1.22 bits per heavy atom. The van der Waals surface area contributed by atoms with Crippen molar-refractivity contribution in [3.63, 3.8) is 0 Å². The van der Waals surface area contributed by atoms with Crippen LogP contribution in [0, 0.1) is 5.41 Å². The Balaban J connectivity index is 4.71. The number of ether oxygens (including phenoxy) is 3. The summed E-state index contributed by atoms with van der Waals surface area (Å²) in [5.41, 5.74) is -1.14. The summed E-state index contributed by atoms with van der Waals surface area (Å²) in [5.74, 6) is -0.0436. The van der Waals surface area contributed by atoms with Crippen molar-refractivity contribution < 1.29 is 23.8 Å². The Morgan fingerprint density at radius 3 is 1.59 bits per heavy atom. The summed E-state index contributed by atoms with van der Waals surface area (Å²) in [6.45, 7) is 18.1. The van der Waals surface area contributed by atoms with Crippen LogP contribution in [0.4, 0.5) is 9.59 Å². The molecule has 0 saturated carbocycles. The van der Waals surface area contributed by atoms with E-state index in [0.717, 1.165) is 6.42 Å². The van der Waals surface area contributed by atoms with Gasteiger partial charge in [-0.1, -0.05) is 20.8 Å². The molecule has 158 valence electrons. The van der Waals surface area contributed by atoms with Gasteiger partial charge in [0.1, 0.15) is 11.2 Å². The van der Waals surface area contributed by atoms with Crippen molar-refractivity contribution in [1.82, 2.24) is 10.6 Å². The van der Waals surface area contributed by atoms with Crippen LogP contribution in [0.25, 0.3) is 0 Å². The van der Waals surface area contributed by atoms with Gasteiger partial charge in [-0.15, -0.1) is 0 Å². The highest BCUT2D eigenvalue weighted by Gasteiger charge is 2.21. The summed E-state index contributed by atoms with van der Waals surface area (Å²) in [7, 11) is 0. The number of aliphatic imine (C=N–C) groups is 1. The fourth-order valence-corrected chi connectivity index (χ4v) is 1.61. The Hall–Kier alpha value is -1.83. The van der Waals surface area contributed by atoms with E-state index >= 15 is 0 Å². The standard InChI is InChI=1S/C19H37N3O5/c1-17(2,3)10-12-25-13-11-20-14(21-15(23)26-18(4,5)6)22-16(24)27-19(7,8)9/h10-13H2,1-9H3,(H2,20,21,22,23,24). The number of carbonyl (C=O) groups excluding carboxylic acids is 2. The first-order valence-corrected chi connectivity index (χ1v) is 9.20. The molecule has 0 aliphatic heterocycles. The number of rotatable bonds is 5. The minimum atomic E-state index is -0.717. The van der Waals surface area contributed by atoms with E-state index in [4.69, 9.17) is 14.2 Å². The molecule has 0 radical (unpaired) electrons. The molecule has 27 heavy (non-hydrogen) atoms. The largest absolute Gasteiger partial charge is 0.444 e. The molecule has 0 rings (SSSR count). The van der Waals surface area contributed by atoms with Gasteiger partial charge in [-0.2, -0.15) is 0 Å². The fraction of sp³-hybridized carbons (Fsp3) is 0.842. The molecule has 8 heteroatoms. The molecule has 2 N–H and O–H groups in total. The zero-order valence-electron chi connectivity index (χ0n) is 18.3. The van der Waals surface area contributed by atoms with Crippen molar-refractivity contribution in [2.45, 2.75) is 79.9 Å². The van der Waals surface area contributed by atoms with Crippen molar-refractivity contribution in [3.8, 4) is 0 Å². The summed E-state index contributed by atoms with van der Waals surface area (Å²) >= 11 is 0. The van der Waals surface area contributed by atoms with Crippen molar-refractivity contribution in [3.05, 3.63) is 0 Å². The summed E-state index contributed by atoms with van der Waals surface area (Å²) in [4.78, 5) is 28.1. The van der Waals surface area contributed by atoms with Gasteiger partial charge < -0.3 is 14.2 Å². The van der Waals surface area contributed by atoms with Gasteiger partial charge in [-0.3, -0.25) is 10.6 Å². The Kier molecular flexibility index (Phi) is 9.78. The van der Waals surface area contributed by atoms with Crippen LogP contribution in [0.5, 0.6) is 0 Å². The Morgan fingerprint density at radius 1 is 0.778 bits per heavy atom. The minimum Gasteiger partial charge on any atom is -0.444 e. The number of guanidine groups is 1. The van der Waals surface area contributed by atoms with Gasteiger partial charge in [0.2, 0.25) is 5.96 Å². The minimum absolute atomic E-state index is 0.0436. The van der Waals surface area contributed by atoms with Gasteiger partial charge in [0.05, 0.1) is 13.2 Å². The second kappa shape index (κ2) is 10.5. The number of carbonyl (C=O) groups is 2. The van der Waals surface area contributed by atoms with Crippen LogP contribution in [0.2, 0.25) is 0 Å². The quantitative estimate of drug-likeness (QED) is 0.424. The Labute approximate surface area is 163 Å².